The minimum absolute atomic E-state index is 0.0239. The zero-order valence-electron chi connectivity index (χ0n) is 11.7. The molecule has 21 heavy (non-hydrogen) atoms. The number of pyridine rings is 1. The zero-order chi connectivity index (χ0) is 14.8. The van der Waals surface area contributed by atoms with Gasteiger partial charge in [-0.05, 0) is 43.9 Å². The molecule has 0 unspecified atom stereocenters. The molecule has 1 fully saturated rings. The van der Waals surface area contributed by atoms with Crippen LogP contribution >= 0.6 is 0 Å². The summed E-state index contributed by atoms with van der Waals surface area (Å²) in [5.41, 5.74) is 0.886. The second-order valence-corrected chi connectivity index (χ2v) is 5.22. The summed E-state index contributed by atoms with van der Waals surface area (Å²) in [7, 11) is 0. The number of aromatic hydroxyl groups is 1. The molecular formula is C15H16N4O2. The molecule has 1 aliphatic rings. The van der Waals surface area contributed by atoms with Crippen LogP contribution in [-0.4, -0.2) is 26.0 Å². The van der Waals surface area contributed by atoms with E-state index in [1.54, 1.807) is 12.3 Å². The molecule has 2 N–H and O–H groups in total. The van der Waals surface area contributed by atoms with Crippen molar-refractivity contribution < 1.29 is 9.90 Å². The van der Waals surface area contributed by atoms with Gasteiger partial charge in [0.05, 0.1) is 6.04 Å². The lowest BCUT2D eigenvalue weighted by Crippen LogP contribution is -2.31. The Balaban J connectivity index is 1.83. The Morgan fingerprint density at radius 1 is 1.33 bits per heavy atom. The van der Waals surface area contributed by atoms with Crippen LogP contribution < -0.4 is 5.32 Å². The van der Waals surface area contributed by atoms with E-state index in [9.17, 15) is 9.90 Å². The van der Waals surface area contributed by atoms with E-state index >= 15 is 0 Å². The Labute approximate surface area is 122 Å². The van der Waals surface area contributed by atoms with E-state index in [0.29, 0.717) is 11.7 Å². The van der Waals surface area contributed by atoms with Crippen LogP contribution in [0.3, 0.4) is 0 Å². The Bertz CT molecular complexity index is 670. The molecule has 0 aromatic carbocycles. The maximum absolute atomic E-state index is 12.3. The van der Waals surface area contributed by atoms with Crippen LogP contribution in [0.5, 0.6) is 5.75 Å². The lowest BCUT2D eigenvalue weighted by atomic mass is 10.1. The van der Waals surface area contributed by atoms with Gasteiger partial charge in [0, 0.05) is 18.1 Å². The monoisotopic (exact) mass is 284 g/mol. The summed E-state index contributed by atoms with van der Waals surface area (Å²) in [6.45, 7) is 1.89. The van der Waals surface area contributed by atoms with Crippen molar-refractivity contribution >= 4 is 5.91 Å². The number of hydrogen-bond acceptors (Lipinski definition) is 5. The van der Waals surface area contributed by atoms with Gasteiger partial charge in [-0.3, -0.25) is 4.79 Å². The molecule has 2 heterocycles. The van der Waals surface area contributed by atoms with E-state index in [1.165, 1.54) is 12.3 Å². The maximum atomic E-state index is 12.3. The quantitative estimate of drug-likeness (QED) is 0.893. The molecule has 108 valence electrons. The highest BCUT2D eigenvalue weighted by atomic mass is 16.3. The van der Waals surface area contributed by atoms with Crippen LogP contribution in [0.25, 0.3) is 0 Å². The summed E-state index contributed by atoms with van der Waals surface area (Å²) in [4.78, 5) is 24.9. The molecule has 6 nitrogen and oxygen atoms in total. The van der Waals surface area contributed by atoms with Crippen molar-refractivity contribution in [3.8, 4) is 5.75 Å². The van der Waals surface area contributed by atoms with Crippen LogP contribution in [0.15, 0.2) is 30.6 Å². The van der Waals surface area contributed by atoms with Crippen molar-refractivity contribution in [1.29, 1.82) is 0 Å². The van der Waals surface area contributed by atoms with Gasteiger partial charge in [-0.2, -0.15) is 0 Å². The summed E-state index contributed by atoms with van der Waals surface area (Å²) in [6.07, 6.45) is 5.24. The lowest BCUT2D eigenvalue weighted by molar-refractivity contribution is 0.0921. The highest BCUT2D eigenvalue weighted by Gasteiger charge is 2.36. The molecule has 0 bridgehead atoms. The van der Waals surface area contributed by atoms with Gasteiger partial charge in [-0.25, -0.2) is 15.0 Å². The second-order valence-electron chi connectivity index (χ2n) is 5.22. The number of carbonyl (C=O) groups is 1. The molecule has 1 atom stereocenters. The van der Waals surface area contributed by atoms with Gasteiger partial charge in [0.1, 0.15) is 5.75 Å². The minimum Gasteiger partial charge on any atom is -0.505 e. The summed E-state index contributed by atoms with van der Waals surface area (Å²) < 4.78 is 0. The Hall–Kier alpha value is -2.50. The van der Waals surface area contributed by atoms with E-state index < -0.39 is 5.91 Å². The third-order valence-electron chi connectivity index (χ3n) is 3.47. The third-order valence-corrected chi connectivity index (χ3v) is 3.47. The number of nitrogens with one attached hydrogen (secondary N) is 1. The van der Waals surface area contributed by atoms with Crippen LogP contribution in [-0.2, 0) is 0 Å². The van der Waals surface area contributed by atoms with Gasteiger partial charge >= 0.3 is 0 Å². The smallest absolute Gasteiger partial charge is 0.274 e. The molecule has 3 rings (SSSR count). The van der Waals surface area contributed by atoms with Crippen LogP contribution in [0.1, 0.15) is 40.9 Å². The van der Waals surface area contributed by atoms with Crippen molar-refractivity contribution in [3.63, 3.8) is 0 Å². The fourth-order valence-electron chi connectivity index (χ4n) is 2.22. The van der Waals surface area contributed by atoms with Crippen molar-refractivity contribution in [3.05, 3.63) is 47.8 Å². The van der Waals surface area contributed by atoms with E-state index in [0.717, 1.165) is 18.5 Å². The average Bonchev–Trinajstić information content (AvgIpc) is 3.29. The van der Waals surface area contributed by atoms with Crippen molar-refractivity contribution in [2.24, 2.45) is 5.92 Å². The van der Waals surface area contributed by atoms with Crippen molar-refractivity contribution in [1.82, 2.24) is 20.3 Å². The van der Waals surface area contributed by atoms with Gasteiger partial charge in [0.15, 0.2) is 11.5 Å². The number of rotatable bonds is 4. The predicted molar refractivity (Wildman–Crippen MR) is 75.6 cm³/mol. The van der Waals surface area contributed by atoms with E-state index in [-0.39, 0.29) is 17.5 Å². The first-order valence-corrected chi connectivity index (χ1v) is 6.89. The molecule has 0 saturated heterocycles. The molecule has 2 aromatic rings. The number of amides is 1. The number of aromatic nitrogens is 3. The van der Waals surface area contributed by atoms with Gasteiger partial charge in [-0.15, -0.1) is 0 Å². The predicted octanol–water partition coefficient (Wildman–Crippen LogP) is 1.77. The fourth-order valence-corrected chi connectivity index (χ4v) is 2.22. The van der Waals surface area contributed by atoms with Crippen LogP contribution in [0.4, 0.5) is 0 Å². The van der Waals surface area contributed by atoms with Crippen LogP contribution in [0.2, 0.25) is 0 Å². The first-order chi connectivity index (χ1) is 10.1. The fraction of sp³-hybridized carbons (Fsp3) is 0.333. The minimum atomic E-state index is -0.407. The second kappa shape index (κ2) is 5.47. The molecule has 0 aliphatic heterocycles. The molecule has 0 spiro atoms. The van der Waals surface area contributed by atoms with E-state index in [2.05, 4.69) is 20.3 Å². The normalized spacial score (nSPS) is 15.5. The first kappa shape index (κ1) is 13.5. The Morgan fingerprint density at radius 2 is 2.14 bits per heavy atom. The van der Waals surface area contributed by atoms with Crippen molar-refractivity contribution in [2.45, 2.75) is 25.8 Å². The average molecular weight is 284 g/mol. The summed E-state index contributed by atoms with van der Waals surface area (Å²) in [5, 5.41) is 12.6. The van der Waals surface area contributed by atoms with E-state index in [1.807, 2.05) is 13.0 Å². The standard InChI is InChI=1S/C15H16N4O2/c1-9-6-8-17-14(18-9)12(10-4-5-10)19-15(21)13-11(20)3-2-7-16-13/h2-3,6-8,10,12,20H,4-5H2,1H3,(H,19,21)/t12-/m0/s1. The molecule has 2 aromatic heterocycles. The SMILES string of the molecule is Cc1ccnc([C@@H](NC(=O)c2ncccc2O)C2CC2)n1. The van der Waals surface area contributed by atoms with E-state index in [4.69, 9.17) is 0 Å². The topological polar surface area (TPSA) is 88.0 Å². The Kier molecular flexibility index (Phi) is 3.51. The Morgan fingerprint density at radius 3 is 2.81 bits per heavy atom. The number of aryl methyl sites for hydroxylation is 1. The third kappa shape index (κ3) is 2.99. The molecule has 1 amide bonds. The summed E-state index contributed by atoms with van der Waals surface area (Å²) >= 11 is 0. The number of nitrogens with zero attached hydrogens (tertiary/aromatic N) is 3. The molecule has 1 saturated carbocycles. The van der Waals surface area contributed by atoms with Gasteiger partial charge < -0.3 is 10.4 Å². The molecule has 1 aliphatic carbocycles. The van der Waals surface area contributed by atoms with Crippen LogP contribution in [0, 0.1) is 12.8 Å². The summed E-state index contributed by atoms with van der Waals surface area (Å²) in [6, 6.07) is 4.60. The van der Waals surface area contributed by atoms with Gasteiger partial charge in [0.2, 0.25) is 0 Å². The lowest BCUT2D eigenvalue weighted by Gasteiger charge is -2.17. The highest BCUT2D eigenvalue weighted by Crippen LogP contribution is 2.40. The molecule has 0 radical (unpaired) electrons. The van der Waals surface area contributed by atoms with Gasteiger partial charge in [-0.1, -0.05) is 0 Å². The zero-order valence-corrected chi connectivity index (χ0v) is 11.7. The molecular weight excluding hydrogens is 268 g/mol. The highest BCUT2D eigenvalue weighted by molar-refractivity contribution is 5.94. The maximum Gasteiger partial charge on any atom is 0.274 e. The number of hydrogen-bond donors (Lipinski definition) is 2. The van der Waals surface area contributed by atoms with Gasteiger partial charge in [0.25, 0.3) is 5.91 Å². The number of carbonyl (C=O) groups excluding carboxylic acids is 1. The van der Waals surface area contributed by atoms with Crippen molar-refractivity contribution in [2.75, 3.05) is 0 Å². The largest absolute Gasteiger partial charge is 0.505 e. The summed E-state index contributed by atoms with van der Waals surface area (Å²) in [5.74, 6) is 0.424. The molecule has 6 heteroatoms. The first-order valence-electron chi connectivity index (χ1n) is 6.89.